The number of methoxy groups -OCH3 is 1. The number of benzene rings is 2. The molecule has 3 aromatic rings. The van der Waals surface area contributed by atoms with E-state index in [1.807, 2.05) is 49.4 Å². The lowest BCUT2D eigenvalue weighted by Gasteiger charge is -2.33. The van der Waals surface area contributed by atoms with Gasteiger partial charge in [0.1, 0.15) is 5.75 Å². The second-order valence-electron chi connectivity index (χ2n) is 8.53. The van der Waals surface area contributed by atoms with Gasteiger partial charge < -0.3 is 14.6 Å². The Morgan fingerprint density at radius 2 is 1.84 bits per heavy atom. The molecule has 2 heterocycles. The second-order valence-corrected chi connectivity index (χ2v) is 8.53. The number of carbonyl (C=O) groups is 2. The van der Waals surface area contributed by atoms with Gasteiger partial charge in [0.05, 0.1) is 12.7 Å². The van der Waals surface area contributed by atoms with Gasteiger partial charge in [-0.1, -0.05) is 18.2 Å². The Morgan fingerprint density at radius 3 is 2.56 bits per heavy atom. The molecular weight excluding hydrogens is 402 g/mol. The van der Waals surface area contributed by atoms with E-state index in [-0.39, 0.29) is 17.7 Å². The average molecular weight is 434 g/mol. The molecule has 1 unspecified atom stereocenters. The maximum atomic E-state index is 13.4. The minimum absolute atomic E-state index is 0.0313. The minimum atomic E-state index is 0.0313. The monoisotopic (exact) mass is 433 g/mol. The first kappa shape index (κ1) is 22.1. The van der Waals surface area contributed by atoms with Crippen LogP contribution in [0, 0.1) is 6.92 Å². The molecule has 6 nitrogen and oxygen atoms in total. The summed E-state index contributed by atoms with van der Waals surface area (Å²) in [4.78, 5) is 27.3. The second kappa shape index (κ2) is 9.57. The predicted molar refractivity (Wildman–Crippen MR) is 126 cm³/mol. The summed E-state index contributed by atoms with van der Waals surface area (Å²) in [6.07, 6.45) is 2.11. The summed E-state index contributed by atoms with van der Waals surface area (Å²) in [6, 6.07) is 15.6. The first-order valence-corrected chi connectivity index (χ1v) is 11.2. The van der Waals surface area contributed by atoms with Crippen LogP contribution in [-0.2, 0) is 11.3 Å². The topological polar surface area (TPSA) is 63.6 Å². The van der Waals surface area contributed by atoms with Crippen LogP contribution in [0.3, 0.4) is 0 Å². The number of nitrogens with one attached hydrogen (secondary N) is 1. The summed E-state index contributed by atoms with van der Waals surface area (Å²) in [6.45, 7) is 7.20. The van der Waals surface area contributed by atoms with E-state index in [0.717, 1.165) is 66.9 Å². The van der Waals surface area contributed by atoms with Crippen LogP contribution in [0.4, 0.5) is 0 Å². The van der Waals surface area contributed by atoms with Gasteiger partial charge in [0.25, 0.3) is 0 Å². The Balaban J connectivity index is 1.58. The summed E-state index contributed by atoms with van der Waals surface area (Å²) in [5, 5.41) is 4.04. The van der Waals surface area contributed by atoms with E-state index in [1.165, 1.54) is 0 Å². The number of hydrogen-bond acceptors (Lipinski definition) is 4. The van der Waals surface area contributed by atoms with Crippen molar-refractivity contribution in [2.75, 3.05) is 26.7 Å². The number of nitrogens with zero attached hydrogens (tertiary/aromatic N) is 2. The fourth-order valence-electron chi connectivity index (χ4n) is 4.80. The van der Waals surface area contributed by atoms with Crippen LogP contribution >= 0.6 is 0 Å². The molecule has 1 atom stereocenters. The highest BCUT2D eigenvalue weighted by atomic mass is 16.5. The molecule has 1 aliphatic heterocycles. The molecular formula is C26H31N3O3. The fraction of sp³-hybridized carbons (Fsp3) is 0.385. The largest absolute Gasteiger partial charge is 0.497 e. The van der Waals surface area contributed by atoms with Crippen molar-refractivity contribution in [1.82, 2.24) is 14.8 Å². The molecule has 1 N–H and O–H groups in total. The smallest absolute Gasteiger partial charge is 0.217 e. The van der Waals surface area contributed by atoms with Gasteiger partial charge in [0.15, 0.2) is 5.78 Å². The number of ether oxygens (including phenoxy) is 1. The van der Waals surface area contributed by atoms with Crippen LogP contribution in [0.1, 0.15) is 41.4 Å². The molecule has 0 aliphatic carbocycles. The molecule has 6 heteroatoms. The zero-order valence-electron chi connectivity index (χ0n) is 19.1. The van der Waals surface area contributed by atoms with Crippen LogP contribution in [0.15, 0.2) is 48.5 Å². The summed E-state index contributed by atoms with van der Waals surface area (Å²) >= 11 is 0. The molecule has 2 aromatic carbocycles. The summed E-state index contributed by atoms with van der Waals surface area (Å²) in [5.41, 5.74) is 3.49. The molecule has 1 aromatic heterocycles. The number of likely N-dealkylation sites (tertiary alicyclic amines) is 1. The standard InChI is InChI=1S/C26H31N3O3/c1-18-25(26(31)20-10-12-22(32-3)13-11-20)23-8-4-5-9-24(23)29(18)16-15-28-14-6-7-21(17-28)27-19(2)30/h4-5,8-13,21H,6-7,14-17H2,1-3H3,(H,27,30). The van der Waals surface area contributed by atoms with Crippen LogP contribution in [0.25, 0.3) is 10.9 Å². The molecule has 0 bridgehead atoms. The molecule has 1 aliphatic rings. The van der Waals surface area contributed by atoms with Crippen molar-refractivity contribution in [3.8, 4) is 5.75 Å². The lowest BCUT2D eigenvalue weighted by molar-refractivity contribution is -0.120. The van der Waals surface area contributed by atoms with Crippen molar-refractivity contribution in [1.29, 1.82) is 0 Å². The zero-order chi connectivity index (χ0) is 22.7. The number of piperidine rings is 1. The van der Waals surface area contributed by atoms with E-state index in [4.69, 9.17) is 4.74 Å². The van der Waals surface area contributed by atoms with Crippen LogP contribution in [0.5, 0.6) is 5.75 Å². The van der Waals surface area contributed by atoms with Crippen molar-refractivity contribution in [3.05, 3.63) is 65.4 Å². The molecule has 0 spiro atoms. The normalized spacial score (nSPS) is 16.8. The third kappa shape index (κ3) is 4.55. The fourth-order valence-corrected chi connectivity index (χ4v) is 4.80. The average Bonchev–Trinajstić information content (AvgIpc) is 3.08. The van der Waals surface area contributed by atoms with E-state index >= 15 is 0 Å². The molecule has 0 saturated carbocycles. The van der Waals surface area contributed by atoms with Crippen LogP contribution in [-0.4, -0.2) is 53.9 Å². The van der Waals surface area contributed by atoms with E-state index in [1.54, 1.807) is 14.0 Å². The van der Waals surface area contributed by atoms with Crippen molar-refractivity contribution in [2.45, 2.75) is 39.3 Å². The van der Waals surface area contributed by atoms with Gasteiger partial charge in [-0.2, -0.15) is 0 Å². The van der Waals surface area contributed by atoms with Crippen molar-refractivity contribution < 1.29 is 14.3 Å². The number of carbonyl (C=O) groups excluding carboxylic acids is 2. The Labute approximate surface area is 189 Å². The first-order valence-electron chi connectivity index (χ1n) is 11.2. The van der Waals surface area contributed by atoms with Gasteiger partial charge in [0, 0.05) is 54.8 Å². The zero-order valence-corrected chi connectivity index (χ0v) is 19.1. The molecule has 32 heavy (non-hydrogen) atoms. The molecule has 4 rings (SSSR count). The number of amides is 1. The number of aromatic nitrogens is 1. The first-order chi connectivity index (χ1) is 15.5. The number of rotatable bonds is 7. The number of ketones is 1. The van der Waals surface area contributed by atoms with Crippen molar-refractivity contribution in [3.63, 3.8) is 0 Å². The summed E-state index contributed by atoms with van der Waals surface area (Å²) in [5.74, 6) is 0.800. The van der Waals surface area contributed by atoms with E-state index in [2.05, 4.69) is 20.9 Å². The number of fused-ring (bicyclic) bond motifs is 1. The molecule has 1 saturated heterocycles. The van der Waals surface area contributed by atoms with Crippen LogP contribution < -0.4 is 10.1 Å². The molecule has 0 radical (unpaired) electrons. The Morgan fingerprint density at radius 1 is 1.09 bits per heavy atom. The third-order valence-corrected chi connectivity index (χ3v) is 6.36. The maximum Gasteiger partial charge on any atom is 0.217 e. The van der Waals surface area contributed by atoms with Gasteiger partial charge in [-0.15, -0.1) is 0 Å². The van der Waals surface area contributed by atoms with Gasteiger partial charge >= 0.3 is 0 Å². The quantitative estimate of drug-likeness (QED) is 0.576. The Hall–Kier alpha value is -3.12. The highest BCUT2D eigenvalue weighted by molar-refractivity contribution is 6.17. The van der Waals surface area contributed by atoms with Gasteiger partial charge in [-0.05, 0) is 56.6 Å². The third-order valence-electron chi connectivity index (χ3n) is 6.36. The highest BCUT2D eigenvalue weighted by Crippen LogP contribution is 2.29. The van der Waals surface area contributed by atoms with Crippen LogP contribution in [0.2, 0.25) is 0 Å². The Kier molecular flexibility index (Phi) is 6.61. The van der Waals surface area contributed by atoms with E-state index in [0.29, 0.717) is 5.56 Å². The molecule has 1 fully saturated rings. The van der Waals surface area contributed by atoms with Crippen molar-refractivity contribution >= 4 is 22.6 Å². The van der Waals surface area contributed by atoms with Gasteiger partial charge in [-0.3, -0.25) is 14.5 Å². The molecule has 1 amide bonds. The Bertz CT molecular complexity index is 1120. The SMILES string of the molecule is COc1ccc(C(=O)c2c(C)n(CCN3CCCC(NC(C)=O)C3)c3ccccc23)cc1. The number of hydrogen-bond donors (Lipinski definition) is 1. The maximum absolute atomic E-state index is 13.4. The predicted octanol–water partition coefficient (Wildman–Crippen LogP) is 3.79. The summed E-state index contributed by atoms with van der Waals surface area (Å²) in [7, 11) is 1.62. The minimum Gasteiger partial charge on any atom is -0.497 e. The van der Waals surface area contributed by atoms with Gasteiger partial charge in [0.2, 0.25) is 5.91 Å². The van der Waals surface area contributed by atoms with E-state index < -0.39 is 0 Å². The number of para-hydroxylation sites is 1. The summed E-state index contributed by atoms with van der Waals surface area (Å²) < 4.78 is 7.49. The van der Waals surface area contributed by atoms with Crippen molar-refractivity contribution in [2.24, 2.45) is 0 Å². The lowest BCUT2D eigenvalue weighted by atomic mass is 10.0. The highest BCUT2D eigenvalue weighted by Gasteiger charge is 2.23. The van der Waals surface area contributed by atoms with E-state index in [9.17, 15) is 9.59 Å². The van der Waals surface area contributed by atoms with Gasteiger partial charge in [-0.25, -0.2) is 0 Å². The molecule has 168 valence electrons. The lowest BCUT2D eigenvalue weighted by Crippen LogP contribution is -2.47.